The highest BCUT2D eigenvalue weighted by Crippen LogP contribution is 2.53. The van der Waals surface area contributed by atoms with Crippen molar-refractivity contribution in [2.24, 2.45) is 0 Å². The number of nitrogens with zero attached hydrogens (tertiary/aromatic N) is 2. The Kier molecular flexibility index (Phi) is 15.7. The average Bonchev–Trinajstić information content (AvgIpc) is 3.80. The molecule has 0 saturated carbocycles. The van der Waals surface area contributed by atoms with Crippen LogP contribution in [0.4, 0.5) is 13.2 Å². The molecular weight excluding hydrogens is 866 g/mol. The quantitative estimate of drug-likeness (QED) is 0.0661. The van der Waals surface area contributed by atoms with Crippen molar-refractivity contribution in [1.82, 2.24) is 31.1 Å². The summed E-state index contributed by atoms with van der Waals surface area (Å²) in [6.07, 6.45) is 4.49. The molecule has 0 bridgehead atoms. The highest BCUT2D eigenvalue weighted by molar-refractivity contribution is 6.01. The summed E-state index contributed by atoms with van der Waals surface area (Å²) in [5, 5.41) is 11.7. The van der Waals surface area contributed by atoms with E-state index in [-0.39, 0.29) is 29.8 Å². The van der Waals surface area contributed by atoms with Crippen molar-refractivity contribution < 1.29 is 32.3 Å². The largest absolute Gasteiger partial charge is 0.405 e. The Morgan fingerprint density at radius 3 is 1.24 bits per heavy atom. The molecule has 4 aromatic rings. The van der Waals surface area contributed by atoms with E-state index in [0.717, 1.165) is 135 Å². The second kappa shape index (κ2) is 21.8. The van der Waals surface area contributed by atoms with Crippen LogP contribution in [0.25, 0.3) is 22.3 Å². The number of likely N-dealkylation sites (N-methyl/N-ethyl adjacent to an activating group) is 1. The lowest BCUT2D eigenvalue weighted by Gasteiger charge is -2.33. The van der Waals surface area contributed by atoms with Crippen LogP contribution in [0.2, 0.25) is 0 Å². The SMILES string of the molecule is CCNC(=O)C1(CCCCN2CCC(NC(=O)CCCC(=O)NC3CCN(CCCCC4(C(=O)NCC(F)(F)F)c5ccccc5-c5ccccc54)CC3)CC2)c2ccccc2-c2ccccc21. The van der Waals surface area contributed by atoms with Crippen LogP contribution in [0.15, 0.2) is 97.1 Å². The zero-order chi connectivity index (χ0) is 47.7. The van der Waals surface area contributed by atoms with E-state index in [1.165, 1.54) is 0 Å². The molecule has 4 aliphatic rings. The van der Waals surface area contributed by atoms with Gasteiger partial charge in [-0.3, -0.25) is 19.2 Å². The van der Waals surface area contributed by atoms with Gasteiger partial charge in [-0.05, 0) is 122 Å². The van der Waals surface area contributed by atoms with Crippen LogP contribution in [-0.2, 0) is 30.0 Å². The minimum Gasteiger partial charge on any atom is -0.355 e. The Bertz CT molecular complexity index is 2320. The van der Waals surface area contributed by atoms with Gasteiger partial charge in [-0.15, -0.1) is 0 Å². The molecule has 13 heteroatoms. The Morgan fingerprint density at radius 1 is 0.529 bits per heavy atom. The van der Waals surface area contributed by atoms with Crippen molar-refractivity contribution in [3.05, 3.63) is 119 Å². The molecule has 2 saturated heterocycles. The van der Waals surface area contributed by atoms with Gasteiger partial charge in [0.1, 0.15) is 17.4 Å². The van der Waals surface area contributed by atoms with Gasteiger partial charge in [0.05, 0.1) is 0 Å². The maximum absolute atomic E-state index is 13.9. The fourth-order valence-corrected chi connectivity index (χ4v) is 11.6. The van der Waals surface area contributed by atoms with E-state index in [1.54, 1.807) is 0 Å². The fraction of sp³-hybridized carbons (Fsp3) is 0.491. The summed E-state index contributed by atoms with van der Waals surface area (Å²) in [7, 11) is 0. The summed E-state index contributed by atoms with van der Waals surface area (Å²) in [5.41, 5.74) is 5.88. The molecule has 4 N–H and O–H groups in total. The molecule has 2 fully saturated rings. The number of rotatable bonds is 20. The number of likely N-dealkylation sites (tertiary alicyclic amines) is 2. The van der Waals surface area contributed by atoms with Crippen LogP contribution >= 0.6 is 0 Å². The maximum atomic E-state index is 13.9. The molecule has 68 heavy (non-hydrogen) atoms. The van der Waals surface area contributed by atoms with E-state index < -0.39 is 29.5 Å². The van der Waals surface area contributed by atoms with Gasteiger partial charge < -0.3 is 31.1 Å². The second-order valence-corrected chi connectivity index (χ2v) is 19.3. The first-order chi connectivity index (χ1) is 32.9. The van der Waals surface area contributed by atoms with Crippen molar-refractivity contribution in [2.75, 3.05) is 52.4 Å². The Labute approximate surface area is 399 Å². The number of carbonyl (C=O) groups excluding carboxylic acids is 4. The molecule has 8 rings (SSSR count). The van der Waals surface area contributed by atoms with Gasteiger partial charge >= 0.3 is 6.18 Å². The lowest BCUT2D eigenvalue weighted by Crippen LogP contribution is -2.47. The van der Waals surface area contributed by atoms with Crippen molar-refractivity contribution in [3.63, 3.8) is 0 Å². The first-order valence-corrected chi connectivity index (χ1v) is 25.0. The molecule has 10 nitrogen and oxygen atoms in total. The van der Waals surface area contributed by atoms with E-state index in [0.29, 0.717) is 38.6 Å². The number of hydrogen-bond acceptors (Lipinski definition) is 6. The zero-order valence-corrected chi connectivity index (χ0v) is 39.4. The molecular formula is C55H67F3N6O4. The number of unbranched alkanes of at least 4 members (excludes halogenated alkanes) is 2. The van der Waals surface area contributed by atoms with Gasteiger partial charge in [-0.25, -0.2) is 0 Å². The maximum Gasteiger partial charge on any atom is 0.405 e. The Balaban J connectivity index is 0.703. The third-order valence-electron chi connectivity index (χ3n) is 15.0. The molecule has 0 unspecified atom stereocenters. The molecule has 4 aromatic carbocycles. The number of benzene rings is 4. The van der Waals surface area contributed by atoms with Crippen LogP contribution in [-0.4, -0.2) is 104 Å². The predicted molar refractivity (Wildman–Crippen MR) is 260 cm³/mol. The van der Waals surface area contributed by atoms with Crippen molar-refractivity contribution in [1.29, 1.82) is 0 Å². The summed E-state index contributed by atoms with van der Waals surface area (Å²) < 4.78 is 39.8. The summed E-state index contributed by atoms with van der Waals surface area (Å²) in [5.74, 6) is -0.583. The van der Waals surface area contributed by atoms with E-state index >= 15 is 0 Å². The summed E-state index contributed by atoms with van der Waals surface area (Å²) in [6, 6.07) is 31.9. The lowest BCUT2D eigenvalue weighted by atomic mass is 9.73. The summed E-state index contributed by atoms with van der Waals surface area (Å²) in [4.78, 5) is 58.3. The molecule has 0 radical (unpaired) electrons. The molecule has 4 amide bonds. The van der Waals surface area contributed by atoms with Crippen LogP contribution in [0.5, 0.6) is 0 Å². The fourth-order valence-electron chi connectivity index (χ4n) is 11.6. The topological polar surface area (TPSA) is 123 Å². The van der Waals surface area contributed by atoms with Crippen molar-refractivity contribution in [2.45, 2.75) is 119 Å². The molecule has 0 atom stereocenters. The predicted octanol–water partition coefficient (Wildman–Crippen LogP) is 8.41. The highest BCUT2D eigenvalue weighted by Gasteiger charge is 2.50. The first-order valence-electron chi connectivity index (χ1n) is 25.0. The van der Waals surface area contributed by atoms with Gasteiger partial charge in [0.25, 0.3) is 0 Å². The molecule has 2 aliphatic carbocycles. The monoisotopic (exact) mass is 933 g/mol. The number of halogens is 3. The second-order valence-electron chi connectivity index (χ2n) is 19.3. The molecule has 2 aliphatic heterocycles. The number of hydrogen-bond donors (Lipinski definition) is 4. The molecule has 2 heterocycles. The normalized spacial score (nSPS) is 17.6. The number of nitrogens with one attached hydrogen (secondary N) is 4. The minimum atomic E-state index is -4.51. The third-order valence-corrected chi connectivity index (χ3v) is 15.0. The summed E-state index contributed by atoms with van der Waals surface area (Å²) in [6.45, 7) is 6.40. The minimum absolute atomic E-state index is 0.00783. The van der Waals surface area contributed by atoms with Crippen LogP contribution in [0.3, 0.4) is 0 Å². The summed E-state index contributed by atoms with van der Waals surface area (Å²) >= 11 is 0. The van der Waals surface area contributed by atoms with Crippen LogP contribution in [0.1, 0.15) is 113 Å². The number of amides is 4. The molecule has 362 valence electrons. The van der Waals surface area contributed by atoms with Crippen LogP contribution in [0, 0.1) is 0 Å². The van der Waals surface area contributed by atoms with E-state index in [9.17, 15) is 32.3 Å². The highest BCUT2D eigenvalue weighted by atomic mass is 19.4. The third kappa shape index (κ3) is 10.7. The van der Waals surface area contributed by atoms with Gasteiger partial charge in [0.15, 0.2) is 0 Å². The number of piperidine rings is 2. The Morgan fingerprint density at radius 2 is 0.882 bits per heavy atom. The van der Waals surface area contributed by atoms with E-state index in [4.69, 9.17) is 0 Å². The molecule has 0 spiro atoms. The standard InChI is InChI=1S/C55H67F3N6O4/c1-2-59-51(67)53(45-20-7-3-16-41(45)42-17-4-8-21-46(42)53)30-11-13-32-63-34-26-39(27-35-63)61-49(65)24-15-25-50(66)62-40-28-36-64(37-29-40)33-14-12-31-54(52(68)60-38-55(56,57)58)47-22-9-5-18-43(47)44-19-6-10-23-48(44)54/h3-10,16-23,39-40H,2,11-15,24-38H2,1H3,(H,59,67)(H,60,68)(H,61,65)(H,62,66). The van der Waals surface area contributed by atoms with Gasteiger partial charge in [0.2, 0.25) is 23.6 Å². The number of carbonyl (C=O) groups is 4. The average molecular weight is 933 g/mol. The first kappa shape index (κ1) is 48.9. The van der Waals surface area contributed by atoms with Crippen LogP contribution < -0.4 is 21.3 Å². The van der Waals surface area contributed by atoms with Crippen molar-refractivity contribution in [3.8, 4) is 22.3 Å². The number of fused-ring (bicyclic) bond motifs is 6. The van der Waals surface area contributed by atoms with Gasteiger partial charge in [0, 0.05) is 57.6 Å². The lowest BCUT2D eigenvalue weighted by molar-refractivity contribution is -0.141. The van der Waals surface area contributed by atoms with E-state index in [1.807, 2.05) is 79.7 Å². The number of alkyl halides is 3. The smallest absolute Gasteiger partial charge is 0.355 e. The van der Waals surface area contributed by atoms with E-state index in [2.05, 4.69) is 55.3 Å². The zero-order valence-electron chi connectivity index (χ0n) is 39.4. The van der Waals surface area contributed by atoms with Crippen molar-refractivity contribution >= 4 is 23.6 Å². The Hall–Kier alpha value is -5.53. The van der Waals surface area contributed by atoms with Gasteiger partial charge in [-0.1, -0.05) is 110 Å². The van der Waals surface area contributed by atoms with Gasteiger partial charge in [-0.2, -0.15) is 13.2 Å². The molecule has 0 aromatic heterocycles.